The van der Waals surface area contributed by atoms with Crippen LogP contribution in [0.25, 0.3) is 10.4 Å². The molecule has 1 aromatic heterocycles. The van der Waals surface area contributed by atoms with E-state index in [1.54, 1.807) is 6.07 Å². The van der Waals surface area contributed by atoms with Gasteiger partial charge in [0, 0.05) is 12.0 Å². The topological polar surface area (TPSA) is 66.4 Å². The van der Waals surface area contributed by atoms with Gasteiger partial charge in [-0.2, -0.15) is 0 Å². The molecule has 9 heteroatoms. The van der Waals surface area contributed by atoms with Crippen LogP contribution in [0.3, 0.4) is 0 Å². The molecule has 1 aliphatic rings. The van der Waals surface area contributed by atoms with Gasteiger partial charge in [0.2, 0.25) is 0 Å². The Morgan fingerprint density at radius 2 is 2.00 bits per heavy atom. The van der Waals surface area contributed by atoms with Crippen LogP contribution < -0.4 is 34.3 Å². The van der Waals surface area contributed by atoms with E-state index < -0.39 is 10.1 Å². The molecule has 1 aliphatic carbocycles. The van der Waals surface area contributed by atoms with Crippen LogP contribution in [0.1, 0.15) is 11.1 Å². The fraction of sp³-hybridized carbons (Fsp3) is 0.182. The molecule has 3 rings (SSSR count). The molecule has 1 heterocycles. The number of hydrogen-bond donors (Lipinski definition) is 0. The Bertz CT molecular complexity index is 835. The molecule has 0 radical (unpaired) electrons. The Labute approximate surface area is 150 Å². The van der Waals surface area contributed by atoms with Crippen molar-refractivity contribution in [3.63, 3.8) is 0 Å². The van der Waals surface area contributed by atoms with Crippen LogP contribution >= 0.6 is 32.9 Å². The zero-order chi connectivity index (χ0) is 13.8. The minimum atomic E-state index is -4.58. The van der Waals surface area contributed by atoms with Crippen molar-refractivity contribution in [1.29, 1.82) is 0 Å². The molecule has 0 atom stereocenters. The number of ether oxygens (including phenoxy) is 1. The summed E-state index contributed by atoms with van der Waals surface area (Å²) in [5, 5.41) is 0. The van der Waals surface area contributed by atoms with Crippen molar-refractivity contribution in [1.82, 2.24) is 0 Å². The van der Waals surface area contributed by atoms with Gasteiger partial charge in [-0.3, -0.25) is 0 Å². The van der Waals surface area contributed by atoms with E-state index >= 15 is 0 Å². The Hall–Kier alpha value is 0.200. The van der Waals surface area contributed by atoms with E-state index in [2.05, 4.69) is 0 Å². The molecule has 0 unspecified atom stereocenters. The average molecular weight is 354 g/mol. The van der Waals surface area contributed by atoms with Crippen LogP contribution in [0.2, 0.25) is 0 Å². The third-order valence-electron chi connectivity index (χ3n) is 3.01. The molecule has 2 aromatic rings. The van der Waals surface area contributed by atoms with Crippen LogP contribution in [0.5, 0.6) is 5.75 Å². The monoisotopic (exact) mass is 354 g/mol. The van der Waals surface area contributed by atoms with Crippen LogP contribution in [0, 0.1) is 3.82 Å². The summed E-state index contributed by atoms with van der Waals surface area (Å²) in [7, 11) is -0.226. The molecule has 20 heavy (non-hydrogen) atoms. The van der Waals surface area contributed by atoms with Crippen molar-refractivity contribution < 1.29 is 47.3 Å². The van der Waals surface area contributed by atoms with E-state index in [1.165, 1.54) is 33.9 Å². The van der Waals surface area contributed by atoms with E-state index in [0.717, 1.165) is 19.8 Å². The largest absolute Gasteiger partial charge is 1.00 e. The van der Waals surface area contributed by atoms with Crippen LogP contribution in [0.15, 0.2) is 17.0 Å². The van der Waals surface area contributed by atoms with E-state index in [9.17, 15) is 13.0 Å². The molecule has 4 nitrogen and oxygen atoms in total. The number of rotatable bonds is 2. The van der Waals surface area contributed by atoms with Gasteiger partial charge in [0.05, 0.1) is 12.0 Å². The second-order valence-electron chi connectivity index (χ2n) is 4.02. The summed E-state index contributed by atoms with van der Waals surface area (Å²) < 4.78 is 40.2. The van der Waals surface area contributed by atoms with Gasteiger partial charge < -0.3 is 9.29 Å². The Kier molecular flexibility index (Phi) is 4.78. The molecule has 100 valence electrons. The Morgan fingerprint density at radius 1 is 1.30 bits per heavy atom. The van der Waals surface area contributed by atoms with Crippen LogP contribution in [-0.2, 0) is 16.5 Å². The quantitative estimate of drug-likeness (QED) is 0.281. The first-order chi connectivity index (χ1) is 8.93. The first-order valence-electron chi connectivity index (χ1n) is 5.21. The second kappa shape index (κ2) is 5.77. The summed E-state index contributed by atoms with van der Waals surface area (Å²) in [6.07, 6.45) is 0.386. The smallest absolute Gasteiger partial charge is 0.744 e. The molecule has 0 aliphatic heterocycles. The molecule has 0 amide bonds. The maximum atomic E-state index is 11.5. The van der Waals surface area contributed by atoms with Gasteiger partial charge in [0.15, 0.2) is 0 Å². The summed E-state index contributed by atoms with van der Waals surface area (Å²) in [4.78, 5) is 0.716. The van der Waals surface area contributed by atoms with Crippen molar-refractivity contribution in [3.8, 4) is 16.2 Å². The summed E-state index contributed by atoms with van der Waals surface area (Å²) in [5.74, 6) is 0.0958. The minimum Gasteiger partial charge on any atom is -0.744 e. The first kappa shape index (κ1) is 16.6. The predicted molar refractivity (Wildman–Crippen MR) is 75.8 cm³/mol. The molecule has 0 N–H and O–H groups in total. The number of fused-ring (bicyclic) bond motifs is 3. The van der Waals surface area contributed by atoms with Crippen molar-refractivity contribution in [2.45, 2.75) is 11.3 Å². The van der Waals surface area contributed by atoms with Gasteiger partial charge in [-0.05, 0) is 23.3 Å². The standard InChI is InChI=1S/C11H8O4S4.Na/c1-15-8-3-2-5-6(10(8)19(12,13)14)4-7-9(5)17-18-11(7)16;/h2-3H,4H2,1H3,(H,12,13,14);/q;+1/p-1. The van der Waals surface area contributed by atoms with E-state index in [4.69, 9.17) is 17.0 Å². The SMILES string of the molecule is COc1ccc2c(c1S(=O)(=O)[O-])Cc1c-2ssc1=S.[Na+]. The number of hydrogen-bond acceptors (Lipinski definition) is 7. The minimum absolute atomic E-state index is 0. The van der Waals surface area contributed by atoms with Gasteiger partial charge in [0.1, 0.15) is 24.6 Å². The number of benzene rings is 1. The maximum absolute atomic E-state index is 11.5. The van der Waals surface area contributed by atoms with Gasteiger partial charge in [-0.15, -0.1) is 0 Å². The second-order valence-corrected chi connectivity index (χ2v) is 8.15. The van der Waals surface area contributed by atoms with Gasteiger partial charge >= 0.3 is 29.6 Å². The molecule has 0 spiro atoms. The Balaban J connectivity index is 0.00000147. The maximum Gasteiger partial charge on any atom is 1.00 e. The van der Waals surface area contributed by atoms with Gasteiger partial charge in [-0.25, -0.2) is 8.42 Å². The molecule has 0 saturated heterocycles. The zero-order valence-electron chi connectivity index (χ0n) is 10.6. The fourth-order valence-corrected chi connectivity index (χ4v) is 6.07. The van der Waals surface area contributed by atoms with E-state index in [0.29, 0.717) is 12.0 Å². The fourth-order valence-electron chi connectivity index (χ4n) is 2.24. The normalized spacial score (nSPS) is 12.5. The molecule has 1 aromatic carbocycles. The van der Waals surface area contributed by atoms with Crippen LogP contribution in [0.4, 0.5) is 0 Å². The third kappa shape index (κ3) is 2.52. The predicted octanol–water partition coefficient (Wildman–Crippen LogP) is 0.0270. The van der Waals surface area contributed by atoms with Gasteiger partial charge in [0.25, 0.3) is 0 Å². The van der Waals surface area contributed by atoms with E-state index in [-0.39, 0.29) is 40.2 Å². The van der Waals surface area contributed by atoms with Crippen LogP contribution in [-0.4, -0.2) is 20.1 Å². The third-order valence-corrected chi connectivity index (χ3v) is 7.14. The Morgan fingerprint density at radius 3 is 2.60 bits per heavy atom. The summed E-state index contributed by atoms with van der Waals surface area (Å²) >= 11 is 5.23. The summed E-state index contributed by atoms with van der Waals surface area (Å²) in [6, 6.07) is 3.30. The summed E-state index contributed by atoms with van der Waals surface area (Å²) in [6.45, 7) is 0. The summed E-state index contributed by atoms with van der Waals surface area (Å²) in [5.41, 5.74) is 2.23. The molecule has 0 fully saturated rings. The zero-order valence-corrected chi connectivity index (χ0v) is 15.9. The van der Waals surface area contributed by atoms with E-state index in [1.807, 2.05) is 0 Å². The van der Waals surface area contributed by atoms with Gasteiger partial charge in [-0.1, -0.05) is 32.9 Å². The number of methoxy groups -OCH3 is 1. The molecular formula is C11H7NaO4S4. The van der Waals surface area contributed by atoms with Crippen molar-refractivity contribution in [2.24, 2.45) is 0 Å². The van der Waals surface area contributed by atoms with Crippen molar-refractivity contribution >= 4 is 43.0 Å². The molecule has 0 saturated carbocycles. The average Bonchev–Trinajstić information content (AvgIpc) is 2.87. The van der Waals surface area contributed by atoms with Crippen molar-refractivity contribution in [3.05, 3.63) is 27.1 Å². The first-order valence-corrected chi connectivity index (χ1v) is 9.18. The molecule has 0 bridgehead atoms. The molecular weight excluding hydrogens is 347 g/mol. The van der Waals surface area contributed by atoms with Crippen molar-refractivity contribution in [2.75, 3.05) is 7.11 Å².